The second kappa shape index (κ2) is 14.3. The van der Waals surface area contributed by atoms with Crippen molar-refractivity contribution in [1.29, 1.82) is 5.41 Å². The quantitative estimate of drug-likeness (QED) is 0.189. The first-order valence-electron chi connectivity index (χ1n) is 16.3. The van der Waals surface area contributed by atoms with E-state index in [0.717, 1.165) is 16.6 Å². The average Bonchev–Trinajstić information content (AvgIpc) is 3.62. The lowest BCUT2D eigenvalue weighted by Gasteiger charge is -2.37. The number of fused-ring (bicyclic) bond motifs is 1. The molecule has 6 rings (SSSR count). The number of nitrogens with two attached hydrogens (primary N) is 1. The molecule has 0 spiro atoms. The minimum absolute atomic E-state index is 0.0552. The highest BCUT2D eigenvalue weighted by Crippen LogP contribution is 2.39. The van der Waals surface area contributed by atoms with Gasteiger partial charge in [-0.1, -0.05) is 35.9 Å². The summed E-state index contributed by atoms with van der Waals surface area (Å²) in [6.07, 6.45) is 0.891. The van der Waals surface area contributed by atoms with E-state index < -0.39 is 16.1 Å². The first-order chi connectivity index (χ1) is 23.9. The summed E-state index contributed by atoms with van der Waals surface area (Å²) < 4.78 is 41.7. The topological polar surface area (TPSA) is 159 Å². The van der Waals surface area contributed by atoms with Gasteiger partial charge in [0.15, 0.2) is 0 Å². The first kappa shape index (κ1) is 35.1. The summed E-state index contributed by atoms with van der Waals surface area (Å²) in [6, 6.07) is 16.2. The van der Waals surface area contributed by atoms with Crippen LogP contribution in [0.4, 0.5) is 0 Å². The number of benzene rings is 3. The first-order valence-corrected chi connectivity index (χ1v) is 18.1. The number of sulfonamides is 1. The van der Waals surface area contributed by atoms with E-state index in [1.165, 1.54) is 23.5 Å². The van der Waals surface area contributed by atoms with E-state index in [4.69, 9.17) is 32.2 Å². The van der Waals surface area contributed by atoms with Crippen LogP contribution in [0.1, 0.15) is 45.6 Å². The van der Waals surface area contributed by atoms with E-state index in [-0.39, 0.29) is 59.6 Å². The molecular formula is C36H39ClN6O6S. The van der Waals surface area contributed by atoms with Crippen molar-refractivity contribution in [3.8, 4) is 11.5 Å². The van der Waals surface area contributed by atoms with Gasteiger partial charge in [-0.05, 0) is 68.7 Å². The van der Waals surface area contributed by atoms with Gasteiger partial charge in [-0.3, -0.25) is 15.0 Å². The van der Waals surface area contributed by atoms with Gasteiger partial charge in [-0.2, -0.15) is 4.31 Å². The number of nitrogens with one attached hydrogen (secondary N) is 1. The predicted molar refractivity (Wildman–Crippen MR) is 190 cm³/mol. The highest BCUT2D eigenvalue weighted by molar-refractivity contribution is 7.89. The third kappa shape index (κ3) is 6.72. The van der Waals surface area contributed by atoms with Gasteiger partial charge >= 0.3 is 0 Å². The number of carbonyl (C=O) groups excluding carboxylic acids is 2. The molecule has 4 aromatic rings. The van der Waals surface area contributed by atoms with Crippen molar-refractivity contribution in [2.24, 2.45) is 5.73 Å². The number of halogens is 1. The molecule has 14 heteroatoms. The Morgan fingerprint density at radius 2 is 1.66 bits per heavy atom. The van der Waals surface area contributed by atoms with Crippen molar-refractivity contribution >= 4 is 50.2 Å². The smallest absolute Gasteiger partial charge is 0.253 e. The molecule has 1 unspecified atom stereocenters. The number of piperazine rings is 1. The molecule has 0 saturated carbocycles. The highest BCUT2D eigenvalue weighted by Gasteiger charge is 2.43. The number of para-hydroxylation sites is 1. The molecule has 2 amide bonds. The fourth-order valence-electron chi connectivity index (χ4n) is 6.68. The van der Waals surface area contributed by atoms with Crippen LogP contribution in [0.2, 0.25) is 5.02 Å². The Labute approximate surface area is 296 Å². The van der Waals surface area contributed by atoms with Crippen LogP contribution in [0.25, 0.3) is 10.9 Å². The van der Waals surface area contributed by atoms with Crippen LogP contribution in [0.15, 0.2) is 65.6 Å². The maximum atomic E-state index is 14.3. The lowest BCUT2D eigenvalue weighted by molar-refractivity contribution is -0.136. The maximum absolute atomic E-state index is 14.3. The summed E-state index contributed by atoms with van der Waals surface area (Å²) in [5.41, 5.74) is 9.46. The second-order valence-corrected chi connectivity index (χ2v) is 14.7. The van der Waals surface area contributed by atoms with Crippen molar-refractivity contribution in [3.63, 3.8) is 0 Å². The number of nitrogen functional groups attached to an aromatic ring is 1. The zero-order chi connectivity index (χ0) is 35.7. The molecule has 0 aliphatic carbocycles. The maximum Gasteiger partial charge on any atom is 0.253 e. The molecule has 0 bridgehead atoms. The predicted octanol–water partition coefficient (Wildman–Crippen LogP) is 4.51. The third-order valence-corrected chi connectivity index (χ3v) is 11.6. The van der Waals surface area contributed by atoms with E-state index in [0.29, 0.717) is 53.9 Å². The number of ether oxygens (including phenoxy) is 2. The fraction of sp³-hybridized carbons (Fsp3) is 0.333. The SMILES string of the molecule is COc1c(S(=O)(=O)N2CCCC2C(=O)N2CCN(C(=O)c3ccc(C(=N)N)cc3)CC2)ccc(Cl)c1COc1cccc2c(C)cc(C)nc12. The van der Waals surface area contributed by atoms with Crippen molar-refractivity contribution in [1.82, 2.24) is 19.1 Å². The largest absolute Gasteiger partial charge is 0.495 e. The van der Waals surface area contributed by atoms with Crippen LogP contribution in [-0.2, 0) is 21.4 Å². The Kier molecular flexibility index (Phi) is 10.0. The lowest BCUT2D eigenvalue weighted by Crippen LogP contribution is -2.55. The molecule has 2 aliphatic heterocycles. The van der Waals surface area contributed by atoms with Gasteiger partial charge in [0.2, 0.25) is 15.9 Å². The number of methoxy groups -OCH3 is 1. The number of aromatic nitrogens is 1. The molecule has 50 heavy (non-hydrogen) atoms. The lowest BCUT2D eigenvalue weighted by atomic mass is 10.1. The molecule has 2 saturated heterocycles. The molecule has 0 radical (unpaired) electrons. The molecule has 3 aromatic carbocycles. The van der Waals surface area contributed by atoms with Crippen LogP contribution < -0.4 is 15.2 Å². The van der Waals surface area contributed by atoms with E-state index in [9.17, 15) is 18.0 Å². The van der Waals surface area contributed by atoms with Crippen LogP contribution >= 0.6 is 11.6 Å². The molecule has 2 fully saturated rings. The van der Waals surface area contributed by atoms with E-state index in [1.54, 1.807) is 40.1 Å². The Bertz CT molecular complexity index is 2080. The Morgan fingerprint density at radius 3 is 2.34 bits per heavy atom. The number of carbonyl (C=O) groups is 2. The molecular weight excluding hydrogens is 680 g/mol. The number of aryl methyl sites for hydroxylation is 2. The van der Waals surface area contributed by atoms with Crippen LogP contribution in [0, 0.1) is 19.3 Å². The van der Waals surface area contributed by atoms with E-state index >= 15 is 0 Å². The Morgan fingerprint density at radius 1 is 0.980 bits per heavy atom. The van der Waals surface area contributed by atoms with Crippen LogP contribution in [0.5, 0.6) is 11.5 Å². The van der Waals surface area contributed by atoms with Crippen molar-refractivity contribution in [3.05, 3.63) is 93.6 Å². The number of hydrogen-bond donors (Lipinski definition) is 2. The van der Waals surface area contributed by atoms with Gasteiger partial charge in [0.05, 0.1) is 17.7 Å². The summed E-state index contributed by atoms with van der Waals surface area (Å²) in [6.45, 7) is 5.16. The summed E-state index contributed by atoms with van der Waals surface area (Å²) in [5, 5.41) is 8.77. The Hall–Kier alpha value is -4.72. The third-order valence-electron chi connectivity index (χ3n) is 9.28. The van der Waals surface area contributed by atoms with Gasteiger partial charge in [0.1, 0.15) is 40.4 Å². The summed E-state index contributed by atoms with van der Waals surface area (Å²) in [5.74, 6) is 0.0179. The average molecular weight is 719 g/mol. The van der Waals surface area contributed by atoms with E-state index in [2.05, 4.69) is 4.98 Å². The van der Waals surface area contributed by atoms with Gasteiger partial charge < -0.3 is 25.0 Å². The zero-order valence-electron chi connectivity index (χ0n) is 28.1. The number of amides is 2. The molecule has 1 atom stereocenters. The van der Waals surface area contributed by atoms with E-state index in [1.807, 2.05) is 32.0 Å². The number of amidine groups is 1. The summed E-state index contributed by atoms with van der Waals surface area (Å²) in [4.78, 5) is 34.8. The Balaban J connectivity index is 1.18. The molecule has 3 heterocycles. The van der Waals surface area contributed by atoms with Crippen molar-refractivity contribution in [2.45, 2.75) is 44.2 Å². The van der Waals surface area contributed by atoms with Gasteiger partial charge in [-0.25, -0.2) is 13.4 Å². The molecule has 1 aromatic heterocycles. The number of pyridine rings is 1. The highest BCUT2D eigenvalue weighted by atomic mass is 35.5. The normalized spacial score (nSPS) is 16.8. The zero-order valence-corrected chi connectivity index (χ0v) is 29.7. The summed E-state index contributed by atoms with van der Waals surface area (Å²) >= 11 is 6.61. The second-order valence-electron chi connectivity index (χ2n) is 12.5. The van der Waals surface area contributed by atoms with Gasteiger partial charge in [-0.15, -0.1) is 0 Å². The van der Waals surface area contributed by atoms with Gasteiger partial charge in [0, 0.05) is 54.9 Å². The van der Waals surface area contributed by atoms with Crippen molar-refractivity contribution < 1.29 is 27.5 Å². The number of rotatable bonds is 9. The van der Waals surface area contributed by atoms with Crippen molar-refractivity contribution in [2.75, 3.05) is 39.8 Å². The monoisotopic (exact) mass is 718 g/mol. The van der Waals surface area contributed by atoms with Gasteiger partial charge in [0.25, 0.3) is 5.91 Å². The number of hydrogen-bond acceptors (Lipinski definition) is 8. The molecule has 2 aliphatic rings. The standard InChI is InChI=1S/C36H39ClN6O6S/c1-22-20-23(2)40-32-26(22)6-4-8-30(32)49-21-27-28(37)13-14-31(33(27)48-3)50(46,47)43-15-5-7-29(43)36(45)42-18-16-41(17-19-42)35(44)25-11-9-24(10-12-25)34(38)39/h4,6,8-14,20,29H,5,7,15-19,21H2,1-3H3,(H3,38,39). The fourth-order valence-corrected chi connectivity index (χ4v) is 8.72. The molecule has 12 nitrogen and oxygen atoms in total. The summed E-state index contributed by atoms with van der Waals surface area (Å²) in [7, 11) is -2.83. The van der Waals surface area contributed by atoms with Crippen LogP contribution in [-0.4, -0.2) is 91.0 Å². The minimum Gasteiger partial charge on any atom is -0.495 e. The van der Waals surface area contributed by atoms with Crippen LogP contribution in [0.3, 0.4) is 0 Å². The minimum atomic E-state index is -4.21. The number of nitrogens with zero attached hydrogens (tertiary/aromatic N) is 4. The molecule has 262 valence electrons. The molecule has 3 N–H and O–H groups in total.